The van der Waals surface area contributed by atoms with Crippen LogP contribution < -0.4 is 5.32 Å². The summed E-state index contributed by atoms with van der Waals surface area (Å²) in [5.74, 6) is 0. The van der Waals surface area contributed by atoms with Crippen LogP contribution in [0.3, 0.4) is 0 Å². The minimum absolute atomic E-state index is 0.476. The van der Waals surface area contributed by atoms with Crippen molar-refractivity contribution in [2.24, 2.45) is 5.41 Å². The van der Waals surface area contributed by atoms with E-state index in [2.05, 4.69) is 26.7 Å². The van der Waals surface area contributed by atoms with Gasteiger partial charge in [0.2, 0.25) is 0 Å². The van der Waals surface area contributed by atoms with Gasteiger partial charge in [-0.05, 0) is 38.4 Å². The zero-order valence-electron chi connectivity index (χ0n) is 11.0. The van der Waals surface area contributed by atoms with Crippen LogP contribution >= 0.6 is 0 Å². The van der Waals surface area contributed by atoms with Crippen molar-refractivity contribution in [1.82, 2.24) is 19.8 Å². The summed E-state index contributed by atoms with van der Waals surface area (Å²) in [5, 5.41) is 3.31. The zero-order valence-corrected chi connectivity index (χ0v) is 11.0. The average Bonchev–Trinajstić information content (AvgIpc) is 2.90. The maximum atomic E-state index is 4.06. The van der Waals surface area contributed by atoms with Gasteiger partial charge < -0.3 is 14.8 Å². The van der Waals surface area contributed by atoms with Gasteiger partial charge in [-0.1, -0.05) is 6.92 Å². The van der Waals surface area contributed by atoms with Crippen molar-refractivity contribution in [3.63, 3.8) is 0 Å². The lowest BCUT2D eigenvalue weighted by atomic mass is 9.90. The Balaban J connectivity index is 1.68. The molecule has 4 nitrogen and oxygen atoms in total. The summed E-state index contributed by atoms with van der Waals surface area (Å²) in [4.78, 5) is 6.65. The van der Waals surface area contributed by atoms with E-state index in [1.807, 2.05) is 25.8 Å². The lowest BCUT2D eigenvalue weighted by Crippen LogP contribution is -2.33. The summed E-state index contributed by atoms with van der Waals surface area (Å²) in [7, 11) is 2.05. The first-order valence-corrected chi connectivity index (χ1v) is 6.55. The first-order valence-electron chi connectivity index (χ1n) is 6.55. The molecule has 0 spiro atoms. The lowest BCUT2D eigenvalue weighted by Gasteiger charge is -2.24. The Morgan fingerprint density at radius 2 is 2.29 bits per heavy atom. The second kappa shape index (κ2) is 5.65. The summed E-state index contributed by atoms with van der Waals surface area (Å²) >= 11 is 0. The number of hydrogen-bond donors (Lipinski definition) is 1. The molecular formula is C13H24N4. The van der Waals surface area contributed by atoms with E-state index in [-0.39, 0.29) is 0 Å². The molecule has 96 valence electrons. The van der Waals surface area contributed by atoms with Crippen LogP contribution in [0.1, 0.15) is 19.8 Å². The minimum Gasteiger partial charge on any atom is -0.337 e. The molecule has 1 aromatic heterocycles. The number of aryl methyl sites for hydroxylation is 1. The Bertz CT molecular complexity index is 322. The fraction of sp³-hybridized carbons (Fsp3) is 0.769. The summed E-state index contributed by atoms with van der Waals surface area (Å²) in [6, 6.07) is 0. The highest BCUT2D eigenvalue weighted by atomic mass is 15.2. The van der Waals surface area contributed by atoms with Crippen molar-refractivity contribution in [1.29, 1.82) is 0 Å². The van der Waals surface area contributed by atoms with Gasteiger partial charge in [-0.15, -0.1) is 0 Å². The van der Waals surface area contributed by atoms with Crippen molar-refractivity contribution in [3.8, 4) is 0 Å². The molecule has 1 saturated heterocycles. The minimum atomic E-state index is 0.476. The number of rotatable bonds is 6. The number of nitrogens with one attached hydrogen (secondary N) is 1. The van der Waals surface area contributed by atoms with E-state index in [1.54, 1.807) is 0 Å². The van der Waals surface area contributed by atoms with E-state index >= 15 is 0 Å². The van der Waals surface area contributed by atoms with Gasteiger partial charge in [-0.25, -0.2) is 4.98 Å². The van der Waals surface area contributed by atoms with Crippen LogP contribution in [0.15, 0.2) is 18.7 Å². The highest BCUT2D eigenvalue weighted by Gasteiger charge is 2.32. The van der Waals surface area contributed by atoms with Crippen LogP contribution in [0.25, 0.3) is 0 Å². The summed E-state index contributed by atoms with van der Waals surface area (Å²) in [5.41, 5.74) is 0.476. The molecule has 0 saturated carbocycles. The van der Waals surface area contributed by atoms with Crippen molar-refractivity contribution in [3.05, 3.63) is 18.7 Å². The number of likely N-dealkylation sites (tertiary alicyclic amines) is 1. The van der Waals surface area contributed by atoms with Crippen LogP contribution in [0.2, 0.25) is 0 Å². The van der Waals surface area contributed by atoms with Gasteiger partial charge in [0.05, 0.1) is 6.33 Å². The summed E-state index contributed by atoms with van der Waals surface area (Å²) in [6.07, 6.45) is 8.31. The Labute approximate surface area is 104 Å². The van der Waals surface area contributed by atoms with Crippen LogP contribution in [0.5, 0.6) is 0 Å². The van der Waals surface area contributed by atoms with Gasteiger partial charge in [-0.2, -0.15) is 0 Å². The second-order valence-corrected chi connectivity index (χ2v) is 5.52. The summed E-state index contributed by atoms with van der Waals surface area (Å²) < 4.78 is 2.16. The Morgan fingerprint density at radius 1 is 1.41 bits per heavy atom. The second-order valence-electron chi connectivity index (χ2n) is 5.52. The van der Waals surface area contributed by atoms with Gasteiger partial charge in [0, 0.05) is 32.0 Å². The molecule has 0 radical (unpaired) electrons. The van der Waals surface area contributed by atoms with Gasteiger partial charge in [0.15, 0.2) is 0 Å². The SMILES string of the molecule is CNCC1(C)CCN(CCCn2ccnc2)C1. The molecule has 4 heteroatoms. The van der Waals surface area contributed by atoms with E-state index in [4.69, 9.17) is 0 Å². The molecule has 1 atom stereocenters. The van der Waals surface area contributed by atoms with E-state index in [0.717, 1.165) is 13.1 Å². The van der Waals surface area contributed by atoms with E-state index in [0.29, 0.717) is 5.41 Å². The molecule has 1 aliphatic heterocycles. The topological polar surface area (TPSA) is 33.1 Å². The molecular weight excluding hydrogens is 212 g/mol. The molecule has 2 rings (SSSR count). The molecule has 2 heterocycles. The molecule has 1 aliphatic rings. The smallest absolute Gasteiger partial charge is 0.0945 e. The fourth-order valence-electron chi connectivity index (χ4n) is 2.78. The van der Waals surface area contributed by atoms with E-state index < -0.39 is 0 Å². The molecule has 1 unspecified atom stereocenters. The first kappa shape index (κ1) is 12.6. The van der Waals surface area contributed by atoms with Crippen molar-refractivity contribution >= 4 is 0 Å². The highest BCUT2D eigenvalue weighted by molar-refractivity contribution is 4.87. The van der Waals surface area contributed by atoms with Gasteiger partial charge >= 0.3 is 0 Å². The number of nitrogens with zero attached hydrogens (tertiary/aromatic N) is 3. The Kier molecular flexibility index (Phi) is 4.18. The highest BCUT2D eigenvalue weighted by Crippen LogP contribution is 2.28. The molecule has 1 aromatic rings. The van der Waals surface area contributed by atoms with Crippen LogP contribution in [0, 0.1) is 5.41 Å². The van der Waals surface area contributed by atoms with E-state index in [9.17, 15) is 0 Å². The monoisotopic (exact) mass is 236 g/mol. The first-order chi connectivity index (χ1) is 8.22. The third-order valence-electron chi connectivity index (χ3n) is 3.69. The maximum absolute atomic E-state index is 4.06. The molecule has 1 N–H and O–H groups in total. The Hall–Kier alpha value is -0.870. The fourth-order valence-corrected chi connectivity index (χ4v) is 2.78. The predicted octanol–water partition coefficient (Wildman–Crippen LogP) is 1.20. The van der Waals surface area contributed by atoms with E-state index in [1.165, 1.54) is 32.5 Å². The number of aromatic nitrogens is 2. The third-order valence-corrected chi connectivity index (χ3v) is 3.69. The molecule has 0 aromatic carbocycles. The quantitative estimate of drug-likeness (QED) is 0.806. The van der Waals surface area contributed by atoms with Gasteiger partial charge in [-0.3, -0.25) is 0 Å². The van der Waals surface area contributed by atoms with Crippen molar-refractivity contribution in [2.75, 3.05) is 33.2 Å². The standard InChI is InChI=1S/C13H24N4/c1-13(10-14-2)4-8-16(11-13)6-3-7-17-9-5-15-12-17/h5,9,12,14H,3-4,6-8,10-11H2,1-2H3. The molecule has 0 aliphatic carbocycles. The molecule has 0 bridgehead atoms. The number of imidazole rings is 1. The normalized spacial score (nSPS) is 25.5. The van der Waals surface area contributed by atoms with Crippen LogP contribution in [-0.2, 0) is 6.54 Å². The zero-order chi connectivity index (χ0) is 12.1. The molecule has 17 heavy (non-hydrogen) atoms. The van der Waals surface area contributed by atoms with Gasteiger partial charge in [0.1, 0.15) is 0 Å². The summed E-state index contributed by atoms with van der Waals surface area (Å²) in [6.45, 7) is 8.29. The van der Waals surface area contributed by atoms with Gasteiger partial charge in [0.25, 0.3) is 0 Å². The Morgan fingerprint density at radius 3 is 3.00 bits per heavy atom. The lowest BCUT2D eigenvalue weighted by molar-refractivity contribution is 0.265. The largest absolute Gasteiger partial charge is 0.337 e. The number of hydrogen-bond acceptors (Lipinski definition) is 3. The van der Waals surface area contributed by atoms with Crippen LogP contribution in [0.4, 0.5) is 0 Å². The maximum Gasteiger partial charge on any atom is 0.0945 e. The van der Waals surface area contributed by atoms with Crippen molar-refractivity contribution in [2.45, 2.75) is 26.3 Å². The molecule has 1 fully saturated rings. The average molecular weight is 236 g/mol. The third kappa shape index (κ3) is 3.54. The predicted molar refractivity (Wildman–Crippen MR) is 69.9 cm³/mol. The molecule has 0 amide bonds. The van der Waals surface area contributed by atoms with Crippen molar-refractivity contribution < 1.29 is 0 Å². The van der Waals surface area contributed by atoms with Crippen LogP contribution in [-0.4, -0.2) is 47.7 Å².